The fourth-order valence-electron chi connectivity index (χ4n) is 4.69. The van der Waals surface area contributed by atoms with Crippen LogP contribution >= 0.6 is 0 Å². The minimum atomic E-state index is -4.41. The molecule has 2 atom stereocenters. The van der Waals surface area contributed by atoms with E-state index in [0.717, 1.165) is 31.4 Å². The number of ether oxygens (including phenoxy) is 4. The molecule has 9 nitrogen and oxygen atoms in total. The lowest BCUT2D eigenvalue weighted by molar-refractivity contribution is -0.137. The molecular formula is C26H33F3N4O5. The molecule has 2 saturated heterocycles. The van der Waals surface area contributed by atoms with E-state index in [9.17, 15) is 18.0 Å². The highest BCUT2D eigenvalue weighted by Crippen LogP contribution is 2.30. The number of rotatable bonds is 8. The fourth-order valence-corrected chi connectivity index (χ4v) is 4.69. The molecule has 3 heterocycles. The number of benzene rings is 1. The zero-order valence-electron chi connectivity index (χ0n) is 21.7. The number of nitrogens with one attached hydrogen (secondary N) is 1. The Hall–Kier alpha value is -2.96. The maximum absolute atomic E-state index is 13.4. The van der Waals surface area contributed by atoms with Crippen LogP contribution in [0, 0.1) is 6.92 Å². The molecule has 2 aliphatic heterocycles. The van der Waals surface area contributed by atoms with Crippen molar-refractivity contribution in [3.05, 3.63) is 46.6 Å². The molecule has 12 heteroatoms. The minimum Gasteiger partial charge on any atom is -0.472 e. The van der Waals surface area contributed by atoms with Crippen LogP contribution in [0.2, 0.25) is 0 Å². The Morgan fingerprint density at radius 3 is 2.47 bits per heavy atom. The van der Waals surface area contributed by atoms with Gasteiger partial charge in [0, 0.05) is 44.5 Å². The average molecular weight is 539 g/mol. The summed E-state index contributed by atoms with van der Waals surface area (Å²) in [6, 6.07) is 5.14. The van der Waals surface area contributed by atoms with Crippen molar-refractivity contribution in [2.24, 2.45) is 0 Å². The molecule has 38 heavy (non-hydrogen) atoms. The Bertz CT molecular complexity index is 1090. The van der Waals surface area contributed by atoms with Gasteiger partial charge in [-0.15, -0.1) is 0 Å². The average Bonchev–Trinajstić information content (AvgIpc) is 2.92. The number of carbonyl (C=O) groups excluding carboxylic acids is 1. The lowest BCUT2D eigenvalue weighted by atomic mass is 9.99. The van der Waals surface area contributed by atoms with Crippen molar-refractivity contribution in [1.29, 1.82) is 0 Å². The third-order valence-corrected chi connectivity index (χ3v) is 6.96. The molecule has 208 valence electrons. The number of piperidine rings is 1. The van der Waals surface area contributed by atoms with E-state index in [1.54, 1.807) is 18.9 Å². The number of halogens is 3. The molecule has 1 amide bonds. The lowest BCUT2D eigenvalue weighted by Crippen LogP contribution is -2.54. The number of alkyl halides is 3. The normalized spacial score (nSPS) is 20.8. The van der Waals surface area contributed by atoms with Gasteiger partial charge in [0.25, 0.3) is 5.91 Å². The van der Waals surface area contributed by atoms with E-state index in [-0.39, 0.29) is 48.3 Å². The summed E-state index contributed by atoms with van der Waals surface area (Å²) in [6.45, 7) is 4.05. The second kappa shape index (κ2) is 12.3. The maximum atomic E-state index is 13.4. The number of carbonyl (C=O) groups is 1. The summed E-state index contributed by atoms with van der Waals surface area (Å²) in [5.74, 6) is -0.108. The van der Waals surface area contributed by atoms with Crippen molar-refractivity contribution in [3.63, 3.8) is 0 Å². The summed E-state index contributed by atoms with van der Waals surface area (Å²) >= 11 is 0. The van der Waals surface area contributed by atoms with Crippen molar-refractivity contribution in [2.75, 3.05) is 40.5 Å². The van der Waals surface area contributed by atoms with E-state index in [0.29, 0.717) is 37.4 Å². The van der Waals surface area contributed by atoms with Gasteiger partial charge in [0.05, 0.1) is 25.4 Å². The second-order valence-corrected chi connectivity index (χ2v) is 9.45. The quantitative estimate of drug-likeness (QED) is 0.547. The zero-order chi connectivity index (χ0) is 27.3. The molecule has 0 aliphatic carbocycles. The van der Waals surface area contributed by atoms with Crippen LogP contribution in [0.1, 0.15) is 46.4 Å². The Labute approximate surface area is 219 Å². The Morgan fingerprint density at radius 2 is 1.84 bits per heavy atom. The Balaban J connectivity index is 1.39. The van der Waals surface area contributed by atoms with Crippen molar-refractivity contribution < 1.29 is 36.9 Å². The van der Waals surface area contributed by atoms with E-state index in [4.69, 9.17) is 18.9 Å². The van der Waals surface area contributed by atoms with Gasteiger partial charge in [-0.3, -0.25) is 4.79 Å². The molecular weight excluding hydrogens is 505 g/mol. The summed E-state index contributed by atoms with van der Waals surface area (Å²) < 4.78 is 60.5. The number of amides is 1. The van der Waals surface area contributed by atoms with Gasteiger partial charge in [0.2, 0.25) is 5.88 Å². The van der Waals surface area contributed by atoms with Crippen LogP contribution in [-0.2, 0) is 22.3 Å². The predicted molar refractivity (Wildman–Crippen MR) is 131 cm³/mol. The Morgan fingerprint density at radius 1 is 1.13 bits per heavy atom. The SMILES string of the molecule is COc1nc(OCc2ccc(C(F)(F)F)cc2)c(C)c(C(=O)N2CCC(N[C@@H]3CCOC[C@@H]3OC)CC2)n1. The number of aromatic nitrogens is 2. The zero-order valence-corrected chi connectivity index (χ0v) is 21.7. The molecule has 2 aromatic rings. The van der Waals surface area contributed by atoms with Crippen LogP contribution in [0.15, 0.2) is 24.3 Å². The van der Waals surface area contributed by atoms with E-state index in [2.05, 4.69) is 15.3 Å². The molecule has 4 rings (SSSR count). The lowest BCUT2D eigenvalue weighted by Gasteiger charge is -2.38. The van der Waals surface area contributed by atoms with Crippen molar-refractivity contribution in [2.45, 2.75) is 57.2 Å². The minimum absolute atomic E-state index is 0.0144. The van der Waals surface area contributed by atoms with E-state index in [1.807, 2.05) is 0 Å². The van der Waals surface area contributed by atoms with Gasteiger partial charge in [-0.2, -0.15) is 23.1 Å². The first-order valence-electron chi connectivity index (χ1n) is 12.6. The summed E-state index contributed by atoms with van der Waals surface area (Å²) in [5.41, 5.74) is 0.402. The van der Waals surface area contributed by atoms with E-state index in [1.165, 1.54) is 19.2 Å². The highest BCUT2D eigenvalue weighted by atomic mass is 19.4. The van der Waals surface area contributed by atoms with Crippen LogP contribution in [0.3, 0.4) is 0 Å². The van der Waals surface area contributed by atoms with Crippen LogP contribution in [0.25, 0.3) is 0 Å². The standard InChI is InChI=1S/C26H33F3N4O5/c1-16-22(24(34)33-11-8-19(9-12-33)30-20-10-13-37-15-21(20)35-2)31-25(36-3)32-23(16)38-14-17-4-6-18(7-5-17)26(27,28)29/h4-7,19-21,30H,8-15H2,1-3H3/t20-,21+/m1/s1. The van der Waals surface area contributed by atoms with Gasteiger partial charge in [-0.1, -0.05) is 12.1 Å². The van der Waals surface area contributed by atoms with Gasteiger partial charge >= 0.3 is 12.2 Å². The third kappa shape index (κ3) is 6.72. The largest absolute Gasteiger partial charge is 0.472 e. The van der Waals surface area contributed by atoms with Gasteiger partial charge in [0.1, 0.15) is 12.3 Å². The van der Waals surface area contributed by atoms with Crippen LogP contribution < -0.4 is 14.8 Å². The predicted octanol–water partition coefficient (Wildman–Crippen LogP) is 3.39. The molecule has 1 aromatic heterocycles. The molecule has 2 fully saturated rings. The number of nitrogens with zero attached hydrogens (tertiary/aromatic N) is 3. The first kappa shape index (κ1) is 28.1. The van der Waals surface area contributed by atoms with Gasteiger partial charge in [-0.25, -0.2) is 0 Å². The first-order chi connectivity index (χ1) is 18.2. The molecule has 1 N–H and O–H groups in total. The maximum Gasteiger partial charge on any atom is 0.416 e. The number of hydrogen-bond donors (Lipinski definition) is 1. The summed E-state index contributed by atoms with van der Waals surface area (Å²) in [7, 11) is 3.08. The highest BCUT2D eigenvalue weighted by Gasteiger charge is 2.32. The first-order valence-corrected chi connectivity index (χ1v) is 12.6. The highest BCUT2D eigenvalue weighted by molar-refractivity contribution is 5.94. The monoisotopic (exact) mass is 538 g/mol. The fraction of sp³-hybridized carbons (Fsp3) is 0.577. The number of likely N-dealkylation sites (tertiary alicyclic amines) is 1. The van der Waals surface area contributed by atoms with Crippen molar-refractivity contribution in [3.8, 4) is 11.9 Å². The molecule has 2 aliphatic rings. The molecule has 0 saturated carbocycles. The molecule has 0 unspecified atom stereocenters. The van der Waals surface area contributed by atoms with Gasteiger partial charge in [-0.05, 0) is 43.9 Å². The summed E-state index contributed by atoms with van der Waals surface area (Å²) in [6.07, 6.45) is -1.93. The second-order valence-electron chi connectivity index (χ2n) is 9.45. The third-order valence-electron chi connectivity index (χ3n) is 6.96. The smallest absolute Gasteiger partial charge is 0.416 e. The molecule has 0 bridgehead atoms. The summed E-state index contributed by atoms with van der Waals surface area (Å²) in [5, 5.41) is 3.67. The Kier molecular flexibility index (Phi) is 9.06. The van der Waals surface area contributed by atoms with Gasteiger partial charge in [0.15, 0.2) is 0 Å². The van der Waals surface area contributed by atoms with Crippen LogP contribution in [0.4, 0.5) is 13.2 Å². The van der Waals surface area contributed by atoms with Crippen molar-refractivity contribution in [1.82, 2.24) is 20.2 Å². The van der Waals surface area contributed by atoms with Crippen LogP contribution in [-0.4, -0.2) is 79.5 Å². The number of hydrogen-bond acceptors (Lipinski definition) is 8. The van der Waals surface area contributed by atoms with E-state index < -0.39 is 11.7 Å². The van der Waals surface area contributed by atoms with Crippen LogP contribution in [0.5, 0.6) is 11.9 Å². The molecule has 0 spiro atoms. The van der Waals surface area contributed by atoms with E-state index >= 15 is 0 Å². The molecule has 1 aromatic carbocycles. The number of methoxy groups -OCH3 is 2. The topological polar surface area (TPSA) is 95.0 Å². The summed E-state index contributed by atoms with van der Waals surface area (Å²) in [4.78, 5) is 23.6. The van der Waals surface area contributed by atoms with Crippen molar-refractivity contribution >= 4 is 5.91 Å². The van der Waals surface area contributed by atoms with Gasteiger partial charge < -0.3 is 29.2 Å². The molecule has 0 radical (unpaired) electrons.